The van der Waals surface area contributed by atoms with Crippen LogP contribution in [0.2, 0.25) is 0 Å². The number of hydrogen-bond donors (Lipinski definition) is 2. The Hall–Kier alpha value is -4.85. The maximum absolute atomic E-state index is 16.2. The Bertz CT molecular complexity index is 1910. The van der Waals surface area contributed by atoms with Crippen LogP contribution in [0.1, 0.15) is 44.6 Å². The van der Waals surface area contributed by atoms with E-state index in [4.69, 9.17) is 0 Å². The second kappa shape index (κ2) is 11.5. The fourth-order valence-electron chi connectivity index (χ4n) is 6.48. The fourth-order valence-corrected chi connectivity index (χ4v) is 7.01. The summed E-state index contributed by atoms with van der Waals surface area (Å²) in [6.45, 7) is 8.34. The van der Waals surface area contributed by atoms with Crippen LogP contribution in [0, 0.1) is 11.2 Å². The van der Waals surface area contributed by atoms with E-state index < -0.39 is 18.0 Å². The van der Waals surface area contributed by atoms with Gasteiger partial charge >= 0.3 is 6.09 Å². The minimum atomic E-state index is -0.920. The number of hydrogen-bond acceptors (Lipinski definition) is 8. The molecule has 5 aromatic rings. The number of nitrogens with zero attached hydrogens (tertiary/aromatic N) is 8. The highest BCUT2D eigenvalue weighted by molar-refractivity contribution is 7.13. The van der Waals surface area contributed by atoms with Crippen LogP contribution >= 0.6 is 11.3 Å². The normalized spacial score (nSPS) is 17.3. The number of amides is 2. The molecule has 2 aliphatic rings. The number of aryl methyl sites for hydroxylation is 1. The third-order valence-electron chi connectivity index (χ3n) is 8.87. The number of carbonyl (C=O) groups is 2. The summed E-state index contributed by atoms with van der Waals surface area (Å²) in [5.74, 6) is -0.159. The minimum Gasteiger partial charge on any atom is -0.465 e. The maximum Gasteiger partial charge on any atom is 0.407 e. The van der Waals surface area contributed by atoms with E-state index in [1.54, 1.807) is 42.4 Å². The van der Waals surface area contributed by atoms with Crippen LogP contribution in [-0.2, 0) is 17.8 Å². The summed E-state index contributed by atoms with van der Waals surface area (Å²) >= 11 is 1.31. The molecule has 2 amide bonds. The summed E-state index contributed by atoms with van der Waals surface area (Å²) in [4.78, 5) is 42.5. The molecule has 2 N–H and O–H groups in total. The Morgan fingerprint density at radius 1 is 1.11 bits per heavy atom. The summed E-state index contributed by atoms with van der Waals surface area (Å²) in [6, 6.07) is 6.03. The quantitative estimate of drug-likeness (QED) is 0.255. The standard InChI is InChI=1S/C32H34FN9O3S/c1-32(2,3)23-17-39(12-13-41(23)31(44)45)24-9-7-19(15-35-24)21-8-6-20-16-42(38-26(20)25(21)33)28(29(43)37-30-34-10-14-46-30)27-22-5-4-11-40(22)18-36-27/h6-10,14-16,18,23,28H,4-5,11-13,17H2,1-3H3,(H,44,45)(H,34,37,43). The zero-order valence-corrected chi connectivity index (χ0v) is 26.5. The Kier molecular flexibility index (Phi) is 7.46. The predicted molar refractivity (Wildman–Crippen MR) is 173 cm³/mol. The van der Waals surface area contributed by atoms with Gasteiger partial charge in [-0.15, -0.1) is 11.3 Å². The molecule has 12 nitrogen and oxygen atoms in total. The number of carboxylic acid groups (broad SMARTS) is 1. The zero-order chi connectivity index (χ0) is 32.2. The molecule has 0 aliphatic carbocycles. The third kappa shape index (κ3) is 5.36. The molecule has 7 rings (SSSR count). The number of halogens is 1. The molecule has 0 saturated carbocycles. The van der Waals surface area contributed by atoms with E-state index in [0.717, 1.165) is 25.1 Å². The Balaban J connectivity index is 1.18. The lowest BCUT2D eigenvalue weighted by molar-refractivity contribution is -0.118. The summed E-state index contributed by atoms with van der Waals surface area (Å²) in [5.41, 5.74) is 2.38. The first-order chi connectivity index (χ1) is 22.1. The van der Waals surface area contributed by atoms with Crippen molar-refractivity contribution in [3.63, 3.8) is 0 Å². The van der Waals surface area contributed by atoms with Gasteiger partial charge in [0.1, 0.15) is 11.3 Å². The average Bonchev–Trinajstić information content (AvgIpc) is 3.84. The molecule has 6 heterocycles. The van der Waals surface area contributed by atoms with E-state index in [2.05, 4.69) is 30.3 Å². The van der Waals surface area contributed by atoms with Crippen LogP contribution < -0.4 is 10.2 Å². The van der Waals surface area contributed by atoms with Gasteiger partial charge in [-0.25, -0.2) is 24.1 Å². The van der Waals surface area contributed by atoms with Gasteiger partial charge in [0.2, 0.25) is 0 Å². The lowest BCUT2D eigenvalue weighted by atomic mass is 9.84. The molecule has 0 radical (unpaired) electrons. The Morgan fingerprint density at radius 2 is 1.96 bits per heavy atom. The molecule has 2 atom stereocenters. The molecule has 1 saturated heterocycles. The third-order valence-corrected chi connectivity index (χ3v) is 9.56. The van der Waals surface area contributed by atoms with Gasteiger partial charge in [-0.1, -0.05) is 32.9 Å². The highest BCUT2D eigenvalue weighted by Gasteiger charge is 2.38. The van der Waals surface area contributed by atoms with Gasteiger partial charge in [0.25, 0.3) is 5.91 Å². The van der Waals surface area contributed by atoms with Crippen LogP contribution in [0.25, 0.3) is 22.0 Å². The van der Waals surface area contributed by atoms with E-state index in [1.165, 1.54) is 20.9 Å². The van der Waals surface area contributed by atoms with Crippen molar-refractivity contribution < 1.29 is 19.1 Å². The number of fused-ring (bicyclic) bond motifs is 2. The average molecular weight is 644 g/mol. The molecule has 1 fully saturated rings. The number of nitrogens with one attached hydrogen (secondary N) is 1. The monoisotopic (exact) mass is 643 g/mol. The van der Waals surface area contributed by atoms with Crippen molar-refractivity contribution in [2.24, 2.45) is 5.41 Å². The number of benzene rings is 1. The molecule has 46 heavy (non-hydrogen) atoms. The molecule has 4 aromatic heterocycles. The molecule has 1 aromatic carbocycles. The summed E-state index contributed by atoms with van der Waals surface area (Å²) < 4.78 is 19.7. The van der Waals surface area contributed by atoms with E-state index >= 15 is 4.39 Å². The number of imidazole rings is 1. The van der Waals surface area contributed by atoms with Crippen LogP contribution in [0.15, 0.2) is 54.6 Å². The van der Waals surface area contributed by atoms with Gasteiger partial charge in [-0.2, -0.15) is 5.10 Å². The highest BCUT2D eigenvalue weighted by Crippen LogP contribution is 2.34. The number of pyridine rings is 1. The van der Waals surface area contributed by atoms with Crippen molar-refractivity contribution in [3.8, 4) is 11.1 Å². The predicted octanol–water partition coefficient (Wildman–Crippen LogP) is 5.28. The largest absolute Gasteiger partial charge is 0.465 e. The SMILES string of the molecule is CC(C)(C)C1CN(c2ccc(-c3ccc4cn(C(C(=O)Nc5nccs5)c5ncn6c5CCC6)nc4c3F)cn2)CCN1C(=O)O. The molecular weight excluding hydrogens is 609 g/mol. The minimum absolute atomic E-state index is 0.141. The zero-order valence-electron chi connectivity index (χ0n) is 25.7. The van der Waals surface area contributed by atoms with Gasteiger partial charge in [-0.05, 0) is 30.4 Å². The van der Waals surface area contributed by atoms with Gasteiger partial charge < -0.3 is 19.5 Å². The molecule has 238 valence electrons. The first-order valence-corrected chi connectivity index (χ1v) is 16.1. The molecule has 0 spiro atoms. The summed E-state index contributed by atoms with van der Waals surface area (Å²) in [5, 5.41) is 20.0. The van der Waals surface area contributed by atoms with Crippen LogP contribution in [0.5, 0.6) is 0 Å². The lowest BCUT2D eigenvalue weighted by Crippen LogP contribution is -2.59. The lowest BCUT2D eigenvalue weighted by Gasteiger charge is -2.46. The summed E-state index contributed by atoms with van der Waals surface area (Å²) in [6.07, 6.45) is 7.51. The number of rotatable bonds is 6. The molecule has 2 unspecified atom stereocenters. The van der Waals surface area contributed by atoms with Crippen molar-refractivity contribution in [2.45, 2.75) is 52.2 Å². The van der Waals surface area contributed by atoms with Gasteiger partial charge in [-0.3, -0.25) is 14.8 Å². The van der Waals surface area contributed by atoms with E-state index in [-0.39, 0.29) is 22.9 Å². The van der Waals surface area contributed by atoms with Crippen molar-refractivity contribution in [1.29, 1.82) is 0 Å². The number of anilines is 2. The Labute approximate surface area is 268 Å². The van der Waals surface area contributed by atoms with Crippen LogP contribution in [-0.4, -0.2) is 77.0 Å². The first kappa shape index (κ1) is 29.8. The van der Waals surface area contributed by atoms with Crippen LogP contribution in [0.3, 0.4) is 0 Å². The Morgan fingerprint density at radius 3 is 2.67 bits per heavy atom. The topological polar surface area (TPSA) is 134 Å². The van der Waals surface area contributed by atoms with Gasteiger partial charge in [0.15, 0.2) is 17.0 Å². The van der Waals surface area contributed by atoms with Crippen molar-refractivity contribution in [3.05, 3.63) is 71.8 Å². The number of carbonyl (C=O) groups excluding carboxylic acids is 1. The van der Waals surface area contributed by atoms with E-state index in [1.807, 2.05) is 37.5 Å². The van der Waals surface area contributed by atoms with Crippen molar-refractivity contribution >= 4 is 45.2 Å². The van der Waals surface area contributed by atoms with E-state index in [9.17, 15) is 14.7 Å². The number of piperazine rings is 1. The van der Waals surface area contributed by atoms with E-state index in [0.29, 0.717) is 52.8 Å². The number of thiazole rings is 1. The van der Waals surface area contributed by atoms with Crippen molar-refractivity contribution in [2.75, 3.05) is 29.9 Å². The molecular formula is C32H34FN9O3S. The second-order valence-corrected chi connectivity index (χ2v) is 13.7. The number of aromatic nitrogens is 6. The van der Waals surface area contributed by atoms with Crippen LogP contribution in [0.4, 0.5) is 20.1 Å². The highest BCUT2D eigenvalue weighted by atomic mass is 32.1. The smallest absolute Gasteiger partial charge is 0.407 e. The van der Waals surface area contributed by atoms with Crippen molar-refractivity contribution in [1.82, 2.24) is 34.2 Å². The molecule has 0 bridgehead atoms. The summed E-state index contributed by atoms with van der Waals surface area (Å²) in [7, 11) is 0. The first-order valence-electron chi connectivity index (χ1n) is 15.2. The second-order valence-electron chi connectivity index (χ2n) is 12.8. The molecule has 14 heteroatoms. The van der Waals surface area contributed by atoms with Gasteiger partial charge in [0.05, 0.1) is 18.1 Å². The fraction of sp³-hybridized carbons (Fsp3) is 0.375. The molecule has 2 aliphatic heterocycles. The van der Waals surface area contributed by atoms with Gasteiger partial charge in [0, 0.05) is 72.4 Å². The maximum atomic E-state index is 16.2.